The van der Waals surface area contributed by atoms with Crippen molar-refractivity contribution < 1.29 is 11.3 Å². The lowest BCUT2D eigenvalue weighted by atomic mass is 9.87. The zero-order valence-corrected chi connectivity index (χ0v) is 18.5. The van der Waals surface area contributed by atoms with E-state index in [1.807, 2.05) is 37.4 Å². The van der Waals surface area contributed by atoms with Crippen molar-refractivity contribution in [2.24, 2.45) is 10.9 Å². The molecular formula is C24H33N5O2. The topological polar surface area (TPSA) is 86.5 Å². The highest BCUT2D eigenvalue weighted by atomic mass is 16.4. The second-order valence-corrected chi connectivity index (χ2v) is 8.00. The molecule has 1 amide bonds. The zero-order chi connectivity index (χ0) is 22.4. The number of benzene rings is 1. The van der Waals surface area contributed by atoms with Crippen LogP contribution >= 0.6 is 0 Å². The summed E-state index contributed by atoms with van der Waals surface area (Å²) < 4.78 is 2.14. The first-order valence-corrected chi connectivity index (χ1v) is 10.5. The number of nitrogens with zero attached hydrogens (tertiary/aromatic N) is 4. The van der Waals surface area contributed by atoms with Crippen LogP contribution in [0.4, 0.5) is 4.79 Å². The van der Waals surface area contributed by atoms with E-state index in [0.29, 0.717) is 13.1 Å². The van der Waals surface area contributed by atoms with Crippen LogP contribution in [-0.2, 0) is 0 Å². The van der Waals surface area contributed by atoms with Gasteiger partial charge in [0.25, 0.3) is 0 Å². The highest BCUT2D eigenvalue weighted by Gasteiger charge is 2.32. The van der Waals surface area contributed by atoms with Crippen molar-refractivity contribution in [1.82, 2.24) is 19.4 Å². The van der Waals surface area contributed by atoms with Gasteiger partial charge in [-0.1, -0.05) is 48.0 Å². The molecule has 2 atom stereocenters. The first kappa shape index (κ1) is 22.3. The number of carboxylic acid groups (broad SMARTS) is 1. The Morgan fingerprint density at radius 1 is 1.35 bits per heavy atom. The monoisotopic (exact) mass is 423 g/mol. The van der Waals surface area contributed by atoms with Gasteiger partial charge in [0.15, 0.2) is 5.65 Å². The van der Waals surface area contributed by atoms with Crippen LogP contribution in [0.25, 0.3) is 11.2 Å². The fraction of sp³-hybridized carbons (Fsp3) is 0.375. The average Bonchev–Trinajstić information content (AvgIpc) is 3.24. The Morgan fingerprint density at radius 3 is 2.68 bits per heavy atom. The summed E-state index contributed by atoms with van der Waals surface area (Å²) in [6, 6.07) is 12.2. The number of aryl methyl sites for hydroxylation is 1. The highest BCUT2D eigenvalue weighted by molar-refractivity contribution is 5.71. The van der Waals surface area contributed by atoms with Crippen molar-refractivity contribution >= 4 is 17.3 Å². The van der Waals surface area contributed by atoms with Crippen LogP contribution in [0.1, 0.15) is 32.8 Å². The number of hydrogen-bond donors (Lipinski definition) is 2. The summed E-state index contributed by atoms with van der Waals surface area (Å²) in [5.74, 6) is 0.165. The third-order valence-electron chi connectivity index (χ3n) is 5.65. The van der Waals surface area contributed by atoms with Gasteiger partial charge in [-0.2, -0.15) is 0 Å². The second-order valence-electron chi connectivity index (χ2n) is 8.00. The maximum absolute atomic E-state index is 11.4. The lowest BCUT2D eigenvalue weighted by Crippen LogP contribution is -2.43. The van der Waals surface area contributed by atoms with Gasteiger partial charge >= 0.3 is 6.09 Å². The Balaban J connectivity index is 0.000000388. The Labute approximate surface area is 184 Å². The number of aromatic amines is 1. The molecule has 3 heterocycles. The van der Waals surface area contributed by atoms with Crippen LogP contribution in [0.5, 0.6) is 0 Å². The fourth-order valence-corrected chi connectivity index (χ4v) is 4.23. The predicted octanol–water partition coefficient (Wildman–Crippen LogP) is 4.64. The number of piperidine rings is 1. The van der Waals surface area contributed by atoms with E-state index in [1.54, 1.807) is 13.2 Å². The lowest BCUT2D eigenvalue weighted by Gasteiger charge is -2.37. The van der Waals surface area contributed by atoms with Gasteiger partial charge in [0, 0.05) is 33.7 Å². The standard InChI is InChI=1S/C17H23N5O2.C7H8.H2/c1-11(2)15(12-5-4-8-21(10-12)17(23)24)22-13-6-7-19-16(13)20-9-14(22)18-3;1-7-5-3-2-4-6-7;/h6-7,9,12,15,19H,1,4-5,8,10H2,2-3H3,(H,23,24);2-6H,1H3;1H/t12-,15?;;/m0../s1. The first-order valence-electron chi connectivity index (χ1n) is 10.5. The quantitative estimate of drug-likeness (QED) is 0.602. The number of nitrogens with one attached hydrogen (secondary N) is 1. The summed E-state index contributed by atoms with van der Waals surface area (Å²) in [5.41, 5.74) is 4.83. The van der Waals surface area contributed by atoms with E-state index in [9.17, 15) is 9.90 Å². The normalized spacial score (nSPS) is 17.7. The van der Waals surface area contributed by atoms with Crippen molar-refractivity contribution in [2.45, 2.75) is 32.7 Å². The van der Waals surface area contributed by atoms with E-state index in [4.69, 9.17) is 0 Å². The minimum absolute atomic E-state index is 0. The summed E-state index contributed by atoms with van der Waals surface area (Å²) in [6.45, 7) is 9.37. The van der Waals surface area contributed by atoms with Gasteiger partial charge in [-0.05, 0) is 32.8 Å². The highest BCUT2D eigenvalue weighted by Crippen LogP contribution is 2.33. The van der Waals surface area contributed by atoms with Gasteiger partial charge in [-0.3, -0.25) is 4.99 Å². The molecule has 1 fully saturated rings. The molecule has 1 aliphatic rings. The summed E-state index contributed by atoms with van der Waals surface area (Å²) >= 11 is 0. The smallest absolute Gasteiger partial charge is 0.407 e. The maximum Gasteiger partial charge on any atom is 0.407 e. The van der Waals surface area contributed by atoms with Gasteiger partial charge in [0.1, 0.15) is 5.49 Å². The molecule has 0 spiro atoms. The van der Waals surface area contributed by atoms with Gasteiger partial charge in [0.2, 0.25) is 0 Å². The molecule has 31 heavy (non-hydrogen) atoms. The molecule has 7 heteroatoms. The number of hydrogen-bond acceptors (Lipinski definition) is 3. The van der Waals surface area contributed by atoms with Gasteiger partial charge < -0.3 is 19.6 Å². The SMILES string of the molecule is C=C(C)C([C@H]1CCCN(C(=O)O)C1)n1c(=NC)cnc2[nH]ccc21.Cc1ccccc1.[HH]. The summed E-state index contributed by atoms with van der Waals surface area (Å²) in [6.07, 6.45) is 4.57. The number of fused-ring (bicyclic) bond motifs is 1. The van der Waals surface area contributed by atoms with E-state index >= 15 is 0 Å². The van der Waals surface area contributed by atoms with Crippen LogP contribution in [-0.4, -0.2) is 50.8 Å². The molecule has 4 rings (SSSR count). The van der Waals surface area contributed by atoms with Crippen molar-refractivity contribution in [2.75, 3.05) is 20.1 Å². The summed E-state index contributed by atoms with van der Waals surface area (Å²) in [5, 5.41) is 9.35. The zero-order valence-electron chi connectivity index (χ0n) is 18.5. The number of amides is 1. The number of likely N-dealkylation sites (tertiary alicyclic amines) is 1. The molecule has 1 unspecified atom stereocenters. The third kappa shape index (κ3) is 5.23. The Morgan fingerprint density at radius 2 is 2.10 bits per heavy atom. The molecule has 1 aromatic carbocycles. The predicted molar refractivity (Wildman–Crippen MR) is 125 cm³/mol. The van der Waals surface area contributed by atoms with Gasteiger partial charge in [-0.25, -0.2) is 9.78 Å². The fourth-order valence-electron chi connectivity index (χ4n) is 4.23. The van der Waals surface area contributed by atoms with Crippen molar-refractivity contribution in [3.8, 4) is 0 Å². The minimum Gasteiger partial charge on any atom is -0.465 e. The molecule has 0 aliphatic carbocycles. The van der Waals surface area contributed by atoms with E-state index in [0.717, 1.165) is 35.1 Å². The van der Waals surface area contributed by atoms with Crippen LogP contribution in [0, 0.1) is 12.8 Å². The molecule has 3 aromatic rings. The number of carbonyl (C=O) groups is 1. The van der Waals surface area contributed by atoms with E-state index in [-0.39, 0.29) is 13.4 Å². The van der Waals surface area contributed by atoms with Crippen LogP contribution in [0.3, 0.4) is 0 Å². The molecule has 1 saturated heterocycles. The molecule has 0 saturated carbocycles. The molecule has 0 radical (unpaired) electrons. The molecule has 0 bridgehead atoms. The minimum atomic E-state index is -0.855. The van der Waals surface area contributed by atoms with Crippen LogP contribution < -0.4 is 5.49 Å². The largest absolute Gasteiger partial charge is 0.465 e. The Bertz CT molecular complexity index is 1110. The number of allylic oxidation sites excluding steroid dienone is 1. The Hall–Kier alpha value is -3.35. The maximum atomic E-state index is 11.4. The molecule has 1 aliphatic heterocycles. The number of H-pyrrole nitrogens is 1. The Kier molecular flexibility index (Phi) is 7.28. The third-order valence-corrected chi connectivity index (χ3v) is 5.65. The molecule has 2 N–H and O–H groups in total. The van der Waals surface area contributed by atoms with E-state index < -0.39 is 6.09 Å². The van der Waals surface area contributed by atoms with Crippen molar-refractivity contribution in [3.63, 3.8) is 0 Å². The second kappa shape index (κ2) is 10.1. The number of rotatable bonds is 3. The first-order chi connectivity index (χ1) is 14.9. The van der Waals surface area contributed by atoms with Crippen molar-refractivity contribution in [3.05, 3.63) is 72.0 Å². The average molecular weight is 424 g/mol. The van der Waals surface area contributed by atoms with E-state index in [1.165, 1.54) is 10.5 Å². The van der Waals surface area contributed by atoms with E-state index in [2.05, 4.69) is 45.2 Å². The molecule has 166 valence electrons. The van der Waals surface area contributed by atoms with Crippen molar-refractivity contribution in [1.29, 1.82) is 0 Å². The summed E-state index contributed by atoms with van der Waals surface area (Å²) in [4.78, 5) is 24.8. The van der Waals surface area contributed by atoms with Gasteiger partial charge in [-0.15, -0.1) is 0 Å². The number of aromatic nitrogens is 3. The van der Waals surface area contributed by atoms with Crippen LogP contribution in [0.15, 0.2) is 65.9 Å². The van der Waals surface area contributed by atoms with Gasteiger partial charge in [0.05, 0.1) is 17.8 Å². The summed E-state index contributed by atoms with van der Waals surface area (Å²) in [7, 11) is 1.74. The molecule has 7 nitrogen and oxygen atoms in total. The lowest BCUT2D eigenvalue weighted by molar-refractivity contribution is 0.110. The molecular weight excluding hydrogens is 390 g/mol. The molecule has 2 aromatic heterocycles. The van der Waals surface area contributed by atoms with Crippen LogP contribution in [0.2, 0.25) is 0 Å².